The normalized spacial score (nSPS) is 15.4. The highest BCUT2D eigenvalue weighted by Crippen LogP contribution is 2.47. The van der Waals surface area contributed by atoms with Crippen LogP contribution < -0.4 is 5.32 Å². The number of aromatic nitrogens is 1. The Morgan fingerprint density at radius 2 is 1.38 bits per heavy atom. The van der Waals surface area contributed by atoms with Crippen molar-refractivity contribution >= 4 is 82.4 Å². The maximum absolute atomic E-state index is 5.46. The van der Waals surface area contributed by atoms with E-state index >= 15 is 0 Å². The molecule has 0 amide bonds. The highest BCUT2D eigenvalue weighted by molar-refractivity contribution is 7.19. The Morgan fingerprint density at radius 3 is 2.26 bits per heavy atom. The molecule has 1 aliphatic carbocycles. The molecule has 50 heavy (non-hydrogen) atoms. The summed E-state index contributed by atoms with van der Waals surface area (Å²) in [5, 5.41) is 12.8. The van der Waals surface area contributed by atoms with E-state index in [1.165, 1.54) is 86.3 Å². The fourth-order valence-electron chi connectivity index (χ4n) is 8.34. The number of para-hydroxylation sites is 1. The van der Waals surface area contributed by atoms with E-state index in [9.17, 15) is 0 Å². The molecule has 4 heteroatoms. The van der Waals surface area contributed by atoms with Crippen molar-refractivity contribution < 1.29 is 0 Å². The van der Waals surface area contributed by atoms with Gasteiger partial charge in [-0.15, -0.1) is 11.3 Å². The van der Waals surface area contributed by atoms with Crippen molar-refractivity contribution in [1.82, 2.24) is 9.88 Å². The van der Waals surface area contributed by atoms with Crippen LogP contribution in [-0.2, 0) is 6.42 Å². The molecule has 1 N–H and O–H groups in total. The molecule has 0 saturated heterocycles. The summed E-state index contributed by atoms with van der Waals surface area (Å²) in [6, 6.07) is 51.1. The van der Waals surface area contributed by atoms with Crippen molar-refractivity contribution in [2.75, 3.05) is 0 Å². The summed E-state index contributed by atoms with van der Waals surface area (Å²) in [7, 11) is 0. The Bertz CT molecular complexity index is 2920. The van der Waals surface area contributed by atoms with Gasteiger partial charge in [0.15, 0.2) is 0 Å². The van der Waals surface area contributed by atoms with Gasteiger partial charge in [0.25, 0.3) is 0 Å². The van der Waals surface area contributed by atoms with Crippen molar-refractivity contribution in [3.8, 4) is 5.69 Å². The zero-order valence-corrected chi connectivity index (χ0v) is 28.0. The van der Waals surface area contributed by atoms with E-state index in [0.717, 1.165) is 24.4 Å². The highest BCUT2D eigenvalue weighted by atomic mass is 32.1. The number of aliphatic imine (C=N–C) groups is 1. The Morgan fingerprint density at radius 1 is 0.640 bits per heavy atom. The zero-order valence-electron chi connectivity index (χ0n) is 27.2. The fourth-order valence-corrected chi connectivity index (χ4v) is 9.56. The van der Waals surface area contributed by atoms with E-state index < -0.39 is 0 Å². The van der Waals surface area contributed by atoms with Gasteiger partial charge in [0.1, 0.15) is 5.84 Å². The first-order valence-electron chi connectivity index (χ1n) is 17.4. The molecular formula is C46H31N3S. The van der Waals surface area contributed by atoms with Crippen molar-refractivity contribution in [3.05, 3.63) is 173 Å². The molecule has 3 heterocycles. The molecular weight excluding hydrogens is 627 g/mol. The van der Waals surface area contributed by atoms with E-state index in [4.69, 9.17) is 4.99 Å². The van der Waals surface area contributed by atoms with Crippen molar-refractivity contribution in [2.24, 2.45) is 4.99 Å². The Hall–Kier alpha value is -5.97. The quantitative estimate of drug-likeness (QED) is 0.201. The van der Waals surface area contributed by atoms with Gasteiger partial charge in [-0.2, -0.15) is 0 Å². The monoisotopic (exact) mass is 657 g/mol. The van der Waals surface area contributed by atoms with Gasteiger partial charge >= 0.3 is 0 Å². The van der Waals surface area contributed by atoms with Crippen LogP contribution in [0.1, 0.15) is 39.6 Å². The summed E-state index contributed by atoms with van der Waals surface area (Å²) >= 11 is 1.85. The molecule has 2 aliphatic rings. The van der Waals surface area contributed by atoms with Gasteiger partial charge in [0, 0.05) is 32.0 Å². The van der Waals surface area contributed by atoms with Gasteiger partial charge in [-0.25, -0.2) is 4.99 Å². The number of rotatable bonds is 3. The van der Waals surface area contributed by atoms with Gasteiger partial charge in [-0.3, -0.25) is 0 Å². The smallest absolute Gasteiger partial charge is 0.135 e. The number of hydrogen-bond acceptors (Lipinski definition) is 3. The third-order valence-electron chi connectivity index (χ3n) is 10.7. The molecule has 0 radical (unpaired) electrons. The topological polar surface area (TPSA) is 29.3 Å². The standard InChI is InChI=1S/C46H31N3S/c1-2-12-29-25-32(22-21-28(29)11-1)43-45-44(37-18-8-10-20-42(37)50-45)48-46(47-43)36-23-24-40(34-16-6-5-15-33(34)36)49-39-19-9-7-17-35(39)38-26-30-13-3-4-14-31(30)27-41(38)49/h1-4,6-14,16-27,43H,5,15H2,(H,47,48). The lowest BCUT2D eigenvalue weighted by molar-refractivity contribution is 0.765. The van der Waals surface area contributed by atoms with Crippen molar-refractivity contribution in [3.63, 3.8) is 0 Å². The Balaban J connectivity index is 1.13. The van der Waals surface area contributed by atoms with Crippen LogP contribution in [0.4, 0.5) is 5.69 Å². The molecule has 11 rings (SSSR count). The summed E-state index contributed by atoms with van der Waals surface area (Å²) in [5.41, 5.74) is 9.84. The van der Waals surface area contributed by atoms with Crippen LogP contribution in [0.2, 0.25) is 0 Å². The minimum atomic E-state index is -0.000387. The summed E-state index contributed by atoms with van der Waals surface area (Å²) < 4.78 is 3.75. The molecule has 0 fully saturated rings. The van der Waals surface area contributed by atoms with Gasteiger partial charge in [-0.05, 0) is 88.0 Å². The predicted molar refractivity (Wildman–Crippen MR) is 213 cm³/mol. The van der Waals surface area contributed by atoms with Crippen LogP contribution in [0, 0.1) is 0 Å². The molecule has 2 aromatic heterocycles. The zero-order chi connectivity index (χ0) is 32.8. The SMILES string of the molecule is C1=Cc2c(-n3c4ccccc4c4cc5ccccc5cc43)ccc(C3=Nc4c(sc5ccccc45)C(c4ccc5ccccc5c4)N3)c2CC1. The second-order valence-corrected chi connectivity index (χ2v) is 14.6. The lowest BCUT2D eigenvalue weighted by Gasteiger charge is -2.28. The van der Waals surface area contributed by atoms with Crippen LogP contribution in [0.3, 0.4) is 0 Å². The summed E-state index contributed by atoms with van der Waals surface area (Å²) in [5.74, 6) is 0.950. The molecule has 236 valence electrons. The minimum absolute atomic E-state index is 0.000387. The second-order valence-electron chi connectivity index (χ2n) is 13.5. The van der Waals surface area contributed by atoms with E-state index in [1.807, 2.05) is 11.3 Å². The van der Waals surface area contributed by atoms with Crippen LogP contribution in [0.15, 0.2) is 151 Å². The number of thiophene rings is 1. The van der Waals surface area contributed by atoms with E-state index in [-0.39, 0.29) is 6.04 Å². The van der Waals surface area contributed by atoms with Gasteiger partial charge in [-0.1, -0.05) is 109 Å². The Labute approximate surface area is 293 Å². The van der Waals surface area contributed by atoms with Gasteiger partial charge in [0.2, 0.25) is 0 Å². The number of fused-ring (bicyclic) bond motifs is 9. The third-order valence-corrected chi connectivity index (χ3v) is 11.9. The fraction of sp³-hybridized carbons (Fsp3) is 0.0652. The molecule has 1 atom stereocenters. The van der Waals surface area contributed by atoms with Crippen LogP contribution in [-0.4, -0.2) is 10.4 Å². The summed E-state index contributed by atoms with van der Waals surface area (Å²) in [4.78, 5) is 6.73. The predicted octanol–water partition coefficient (Wildman–Crippen LogP) is 12.0. The first kappa shape index (κ1) is 27.9. The maximum atomic E-state index is 5.46. The van der Waals surface area contributed by atoms with E-state index in [1.54, 1.807) is 0 Å². The summed E-state index contributed by atoms with van der Waals surface area (Å²) in [6.07, 6.45) is 6.65. The average molecular weight is 658 g/mol. The third kappa shape index (κ3) is 4.12. The number of allylic oxidation sites excluding steroid dienone is 1. The molecule has 7 aromatic carbocycles. The second kappa shape index (κ2) is 10.8. The highest BCUT2D eigenvalue weighted by Gasteiger charge is 2.30. The number of nitrogens with zero attached hydrogens (tertiary/aromatic N) is 2. The van der Waals surface area contributed by atoms with Gasteiger partial charge < -0.3 is 9.88 Å². The number of amidine groups is 1. The lowest BCUT2D eigenvalue weighted by Crippen LogP contribution is -2.33. The lowest BCUT2D eigenvalue weighted by atomic mass is 9.89. The van der Waals surface area contributed by atoms with E-state index in [0.29, 0.717) is 0 Å². The van der Waals surface area contributed by atoms with Crippen LogP contribution >= 0.6 is 11.3 Å². The van der Waals surface area contributed by atoms with Crippen LogP contribution in [0.5, 0.6) is 0 Å². The first-order valence-corrected chi connectivity index (χ1v) is 18.2. The number of benzene rings is 7. The van der Waals surface area contributed by atoms with Crippen molar-refractivity contribution in [1.29, 1.82) is 0 Å². The molecule has 0 spiro atoms. The molecule has 0 bridgehead atoms. The maximum Gasteiger partial charge on any atom is 0.135 e. The first-order chi connectivity index (χ1) is 24.8. The van der Waals surface area contributed by atoms with Crippen LogP contribution in [0.25, 0.3) is 65.2 Å². The molecule has 1 unspecified atom stereocenters. The molecule has 9 aromatic rings. The molecule has 3 nitrogen and oxygen atoms in total. The Kier molecular flexibility index (Phi) is 6.01. The average Bonchev–Trinajstić information content (AvgIpc) is 3.71. The van der Waals surface area contributed by atoms with E-state index in [2.05, 4.69) is 162 Å². The number of hydrogen-bond donors (Lipinski definition) is 1. The molecule has 1 aliphatic heterocycles. The van der Waals surface area contributed by atoms with Gasteiger partial charge in [0.05, 0.1) is 33.3 Å². The largest absolute Gasteiger partial charge is 0.358 e. The molecule has 0 saturated carbocycles. The summed E-state index contributed by atoms with van der Waals surface area (Å²) in [6.45, 7) is 0. The number of nitrogens with one attached hydrogen (secondary N) is 1. The van der Waals surface area contributed by atoms with Crippen molar-refractivity contribution in [2.45, 2.75) is 18.9 Å². The minimum Gasteiger partial charge on any atom is -0.358 e.